The molecule has 1 aliphatic carbocycles. The Hall–Kier alpha value is -2.69. The van der Waals surface area contributed by atoms with Crippen LogP contribution in [-0.4, -0.2) is 38.4 Å². The molecule has 0 radical (unpaired) electrons. The lowest BCUT2D eigenvalue weighted by Crippen LogP contribution is -2.40. The third-order valence-electron chi connectivity index (χ3n) is 6.32. The molecule has 2 aliphatic rings. The molecule has 1 atom stereocenters. The summed E-state index contributed by atoms with van der Waals surface area (Å²) in [5.74, 6) is 2.30. The molecular formula is C23H26N4O. The fourth-order valence-electron chi connectivity index (χ4n) is 4.51. The van der Waals surface area contributed by atoms with Crippen molar-refractivity contribution < 1.29 is 4.79 Å². The van der Waals surface area contributed by atoms with Crippen LogP contribution in [0.5, 0.6) is 0 Å². The van der Waals surface area contributed by atoms with Gasteiger partial charge in [0.25, 0.3) is 5.91 Å². The van der Waals surface area contributed by atoms with Crippen molar-refractivity contribution in [3.63, 3.8) is 0 Å². The molecule has 0 spiro atoms. The maximum absolute atomic E-state index is 13.1. The maximum Gasteiger partial charge on any atom is 0.272 e. The number of piperidine rings is 1. The molecule has 5 nitrogen and oxygen atoms in total. The van der Waals surface area contributed by atoms with E-state index in [1.165, 1.54) is 19.3 Å². The lowest BCUT2D eigenvalue weighted by atomic mass is 9.85. The van der Waals surface area contributed by atoms with E-state index in [-0.39, 0.29) is 5.91 Å². The minimum Gasteiger partial charge on any atom is -0.337 e. The predicted octanol–water partition coefficient (Wildman–Crippen LogP) is 4.25. The van der Waals surface area contributed by atoms with Crippen LogP contribution < -0.4 is 0 Å². The number of aromatic nitrogens is 3. The molecule has 2 aromatic heterocycles. The maximum atomic E-state index is 13.1. The summed E-state index contributed by atoms with van der Waals surface area (Å²) in [6.45, 7) is 2.61. The van der Waals surface area contributed by atoms with Crippen molar-refractivity contribution in [2.24, 2.45) is 5.92 Å². The van der Waals surface area contributed by atoms with Crippen molar-refractivity contribution in [1.82, 2.24) is 19.4 Å². The van der Waals surface area contributed by atoms with Gasteiger partial charge in [0.05, 0.1) is 5.52 Å². The standard InChI is InChI=1S/C23H26N4O/c28-23(21-11-10-18-7-1-2-9-20(18)25-21)27-13-4-8-19(16-27)22-24-12-14-26(22)15-17-5-3-6-17/h1-2,7,9-12,14,17,19H,3-6,8,13,15-16H2. The molecule has 1 saturated heterocycles. The molecule has 5 rings (SSSR count). The van der Waals surface area contributed by atoms with Gasteiger partial charge in [0.1, 0.15) is 11.5 Å². The van der Waals surface area contributed by atoms with Crippen LogP contribution >= 0.6 is 0 Å². The Bertz CT molecular complexity index is 991. The van der Waals surface area contributed by atoms with E-state index in [0.717, 1.165) is 55.1 Å². The minimum atomic E-state index is 0.0348. The highest BCUT2D eigenvalue weighted by atomic mass is 16.2. The minimum absolute atomic E-state index is 0.0348. The number of fused-ring (bicyclic) bond motifs is 1. The smallest absolute Gasteiger partial charge is 0.272 e. The third-order valence-corrected chi connectivity index (χ3v) is 6.32. The predicted molar refractivity (Wildman–Crippen MR) is 109 cm³/mol. The zero-order chi connectivity index (χ0) is 18.9. The zero-order valence-electron chi connectivity index (χ0n) is 16.1. The second-order valence-electron chi connectivity index (χ2n) is 8.21. The van der Waals surface area contributed by atoms with Crippen molar-refractivity contribution in [2.45, 2.75) is 44.6 Å². The molecule has 1 amide bonds. The van der Waals surface area contributed by atoms with Crippen LogP contribution in [0.25, 0.3) is 10.9 Å². The molecule has 2 fully saturated rings. The number of rotatable bonds is 4. The van der Waals surface area contributed by atoms with E-state index in [0.29, 0.717) is 11.6 Å². The summed E-state index contributed by atoms with van der Waals surface area (Å²) in [5, 5.41) is 1.06. The molecule has 0 N–H and O–H groups in total. The van der Waals surface area contributed by atoms with E-state index in [4.69, 9.17) is 0 Å². The summed E-state index contributed by atoms with van der Waals surface area (Å²) in [7, 11) is 0. The van der Waals surface area contributed by atoms with Gasteiger partial charge in [0.15, 0.2) is 0 Å². The molecule has 1 unspecified atom stereocenters. The Morgan fingerprint density at radius 3 is 2.82 bits per heavy atom. The Balaban J connectivity index is 1.33. The molecule has 5 heteroatoms. The molecule has 1 aliphatic heterocycles. The first kappa shape index (κ1) is 17.4. The number of hydrogen-bond acceptors (Lipinski definition) is 3. The SMILES string of the molecule is O=C(c1ccc2ccccc2n1)N1CCCC(c2nccn2CC2CCC2)C1. The van der Waals surface area contributed by atoms with Gasteiger partial charge in [-0.25, -0.2) is 9.97 Å². The van der Waals surface area contributed by atoms with Gasteiger partial charge < -0.3 is 9.47 Å². The van der Waals surface area contributed by atoms with Crippen LogP contribution in [-0.2, 0) is 6.54 Å². The molecule has 3 heterocycles. The number of carbonyl (C=O) groups is 1. The van der Waals surface area contributed by atoms with Crippen LogP contribution in [0, 0.1) is 5.92 Å². The average Bonchev–Trinajstić information content (AvgIpc) is 3.18. The van der Waals surface area contributed by atoms with Gasteiger partial charge in [-0.3, -0.25) is 4.79 Å². The Morgan fingerprint density at radius 2 is 1.96 bits per heavy atom. The number of benzene rings is 1. The zero-order valence-corrected chi connectivity index (χ0v) is 16.1. The van der Waals surface area contributed by atoms with Crippen LogP contribution in [0.2, 0.25) is 0 Å². The fraction of sp³-hybridized carbons (Fsp3) is 0.435. The topological polar surface area (TPSA) is 51.0 Å². The van der Waals surface area contributed by atoms with Gasteiger partial charge in [0.2, 0.25) is 0 Å². The summed E-state index contributed by atoms with van der Waals surface area (Å²) < 4.78 is 2.33. The first-order valence-electron chi connectivity index (χ1n) is 10.4. The molecule has 3 aromatic rings. The number of pyridine rings is 1. The van der Waals surface area contributed by atoms with Crippen molar-refractivity contribution in [3.05, 3.63) is 60.3 Å². The van der Waals surface area contributed by atoms with Crippen molar-refractivity contribution >= 4 is 16.8 Å². The Morgan fingerprint density at radius 1 is 1.07 bits per heavy atom. The van der Waals surface area contributed by atoms with Crippen LogP contribution in [0.3, 0.4) is 0 Å². The van der Waals surface area contributed by atoms with E-state index >= 15 is 0 Å². The number of carbonyl (C=O) groups excluding carboxylic acids is 1. The van der Waals surface area contributed by atoms with Crippen LogP contribution in [0.4, 0.5) is 0 Å². The second kappa shape index (κ2) is 7.38. The van der Waals surface area contributed by atoms with Crippen molar-refractivity contribution in [3.8, 4) is 0 Å². The van der Waals surface area contributed by atoms with E-state index in [2.05, 4.69) is 20.7 Å². The number of nitrogens with zero attached hydrogens (tertiary/aromatic N) is 4. The summed E-state index contributed by atoms with van der Waals surface area (Å²) in [6, 6.07) is 11.8. The van der Waals surface area contributed by atoms with Crippen molar-refractivity contribution in [1.29, 1.82) is 0 Å². The molecule has 1 aromatic carbocycles. The average molecular weight is 374 g/mol. The van der Waals surface area contributed by atoms with Gasteiger partial charge in [-0.15, -0.1) is 0 Å². The van der Waals surface area contributed by atoms with Gasteiger partial charge in [0, 0.05) is 43.3 Å². The number of para-hydroxylation sites is 1. The monoisotopic (exact) mass is 374 g/mol. The van der Waals surface area contributed by atoms with E-state index in [1.54, 1.807) is 0 Å². The van der Waals surface area contributed by atoms with Gasteiger partial charge in [-0.05, 0) is 43.7 Å². The lowest BCUT2D eigenvalue weighted by molar-refractivity contribution is 0.0697. The third kappa shape index (κ3) is 3.30. The van der Waals surface area contributed by atoms with Gasteiger partial charge >= 0.3 is 0 Å². The highest BCUT2D eigenvalue weighted by molar-refractivity contribution is 5.95. The fourth-order valence-corrected chi connectivity index (χ4v) is 4.51. The molecule has 1 saturated carbocycles. The molecular weight excluding hydrogens is 348 g/mol. The van der Waals surface area contributed by atoms with E-state index in [9.17, 15) is 4.79 Å². The number of hydrogen-bond donors (Lipinski definition) is 0. The van der Waals surface area contributed by atoms with Crippen LogP contribution in [0.15, 0.2) is 48.8 Å². The highest BCUT2D eigenvalue weighted by Gasteiger charge is 2.29. The van der Waals surface area contributed by atoms with Gasteiger partial charge in [-0.1, -0.05) is 30.7 Å². The first-order chi connectivity index (χ1) is 13.8. The summed E-state index contributed by atoms with van der Waals surface area (Å²) >= 11 is 0. The first-order valence-corrected chi connectivity index (χ1v) is 10.4. The molecule has 28 heavy (non-hydrogen) atoms. The number of imidazole rings is 1. The molecule has 0 bridgehead atoms. The lowest BCUT2D eigenvalue weighted by Gasteiger charge is -2.33. The molecule has 144 valence electrons. The van der Waals surface area contributed by atoms with E-state index < -0.39 is 0 Å². The highest BCUT2D eigenvalue weighted by Crippen LogP contribution is 2.31. The second-order valence-corrected chi connectivity index (χ2v) is 8.21. The van der Waals surface area contributed by atoms with Gasteiger partial charge in [-0.2, -0.15) is 0 Å². The van der Waals surface area contributed by atoms with Crippen LogP contribution in [0.1, 0.15) is 54.3 Å². The van der Waals surface area contributed by atoms with Crippen molar-refractivity contribution in [2.75, 3.05) is 13.1 Å². The quantitative estimate of drug-likeness (QED) is 0.686. The summed E-state index contributed by atoms with van der Waals surface area (Å²) in [6.07, 6.45) is 10.2. The number of amides is 1. The van der Waals surface area contributed by atoms with E-state index in [1.807, 2.05) is 47.5 Å². The Kier molecular flexibility index (Phi) is 4.59. The normalized spacial score (nSPS) is 20.3. The summed E-state index contributed by atoms with van der Waals surface area (Å²) in [4.78, 5) is 24.3. The largest absolute Gasteiger partial charge is 0.337 e. The number of likely N-dealkylation sites (tertiary alicyclic amines) is 1. The summed E-state index contributed by atoms with van der Waals surface area (Å²) in [5.41, 5.74) is 1.41. The Labute approximate surface area is 165 Å².